The van der Waals surface area contributed by atoms with E-state index >= 15 is 0 Å². The first-order valence-corrected chi connectivity index (χ1v) is 8.12. The van der Waals surface area contributed by atoms with Gasteiger partial charge >= 0.3 is 11.7 Å². The molecule has 0 bridgehead atoms. The highest BCUT2D eigenvalue weighted by Crippen LogP contribution is 2.20. The molecule has 0 aliphatic rings. The molecular formula is C9H15N3O5S2. The number of sulfone groups is 1. The topological polar surface area (TPSA) is 122 Å². The van der Waals surface area contributed by atoms with Gasteiger partial charge in [0.25, 0.3) is 0 Å². The molecule has 0 amide bonds. The average Bonchev–Trinajstić information content (AvgIpc) is 2.55. The van der Waals surface area contributed by atoms with Gasteiger partial charge in [0.15, 0.2) is 15.0 Å². The van der Waals surface area contributed by atoms with E-state index in [2.05, 4.69) is 10.2 Å². The van der Waals surface area contributed by atoms with Gasteiger partial charge in [-0.2, -0.15) is 0 Å². The first-order valence-electron chi connectivity index (χ1n) is 5.24. The quantitative estimate of drug-likeness (QED) is 0.684. The van der Waals surface area contributed by atoms with Crippen molar-refractivity contribution in [2.75, 3.05) is 12.0 Å². The maximum absolute atomic E-state index is 11.6. The number of aromatic nitrogens is 3. The first kappa shape index (κ1) is 15.8. The summed E-state index contributed by atoms with van der Waals surface area (Å²) in [5.41, 5.74) is -0.565. The highest BCUT2D eigenvalue weighted by Gasteiger charge is 2.32. The van der Waals surface area contributed by atoms with Crippen molar-refractivity contribution in [3.05, 3.63) is 10.5 Å². The van der Waals surface area contributed by atoms with Crippen LogP contribution in [0.4, 0.5) is 0 Å². The lowest BCUT2D eigenvalue weighted by Crippen LogP contribution is -2.38. The minimum atomic E-state index is -3.37. The fraction of sp³-hybridized carbons (Fsp3) is 0.667. The van der Waals surface area contributed by atoms with Crippen molar-refractivity contribution in [2.24, 2.45) is 0 Å². The molecule has 1 rings (SSSR count). The molecule has 1 aromatic heterocycles. The van der Waals surface area contributed by atoms with E-state index in [0.29, 0.717) is 0 Å². The van der Waals surface area contributed by atoms with Gasteiger partial charge in [-0.15, -0.1) is 5.10 Å². The van der Waals surface area contributed by atoms with Gasteiger partial charge in [0.2, 0.25) is 0 Å². The van der Waals surface area contributed by atoms with E-state index in [1.165, 1.54) is 13.8 Å². The summed E-state index contributed by atoms with van der Waals surface area (Å²) in [7, 11) is -3.37. The van der Waals surface area contributed by atoms with Crippen molar-refractivity contribution in [1.29, 1.82) is 0 Å². The number of H-pyrrole nitrogens is 1. The molecule has 10 heteroatoms. The van der Waals surface area contributed by atoms with Crippen LogP contribution < -0.4 is 5.69 Å². The molecule has 0 saturated heterocycles. The van der Waals surface area contributed by atoms with E-state index in [1.54, 1.807) is 0 Å². The molecule has 0 aliphatic heterocycles. The van der Waals surface area contributed by atoms with Crippen LogP contribution in [-0.4, -0.2) is 51.0 Å². The number of nitrogens with one attached hydrogen (secondary N) is 1. The fourth-order valence-electron chi connectivity index (χ4n) is 1.18. The smallest absolute Gasteiger partial charge is 0.344 e. The molecule has 0 spiro atoms. The SMILES string of the molecule is CC(C)(Cn1c(SCC(=O)O)n[nH]c1=O)S(C)(=O)=O. The Morgan fingerprint density at radius 1 is 1.53 bits per heavy atom. The number of carboxylic acid groups (broad SMARTS) is 1. The number of hydrogen-bond acceptors (Lipinski definition) is 6. The normalized spacial score (nSPS) is 12.6. The molecule has 2 N–H and O–H groups in total. The second-order valence-electron chi connectivity index (χ2n) is 4.61. The summed E-state index contributed by atoms with van der Waals surface area (Å²) in [6.07, 6.45) is 1.09. The maximum atomic E-state index is 11.6. The molecule has 0 radical (unpaired) electrons. The van der Waals surface area contributed by atoms with Crippen molar-refractivity contribution in [1.82, 2.24) is 14.8 Å². The zero-order chi connectivity index (χ0) is 14.8. The van der Waals surface area contributed by atoms with Crippen LogP contribution in [0.15, 0.2) is 9.95 Å². The van der Waals surface area contributed by atoms with Gasteiger partial charge < -0.3 is 5.11 Å². The number of aliphatic carboxylic acids is 1. The third kappa shape index (κ3) is 3.83. The largest absolute Gasteiger partial charge is 0.481 e. The molecular weight excluding hydrogens is 294 g/mol. The molecule has 108 valence electrons. The Hall–Kier alpha value is -1.29. The number of thioether (sulfide) groups is 1. The van der Waals surface area contributed by atoms with E-state index in [-0.39, 0.29) is 17.5 Å². The minimum absolute atomic E-state index is 0.0941. The maximum Gasteiger partial charge on any atom is 0.344 e. The van der Waals surface area contributed by atoms with Crippen LogP contribution in [0.1, 0.15) is 13.8 Å². The fourth-order valence-corrected chi connectivity index (χ4v) is 2.21. The monoisotopic (exact) mass is 309 g/mol. The Kier molecular flexibility index (Phi) is 4.46. The third-order valence-corrected chi connectivity index (χ3v) is 5.69. The molecule has 8 nitrogen and oxygen atoms in total. The summed E-state index contributed by atoms with van der Waals surface area (Å²) < 4.78 is 23.2. The van der Waals surface area contributed by atoms with Gasteiger partial charge in [0.05, 0.1) is 10.5 Å². The van der Waals surface area contributed by atoms with Crippen molar-refractivity contribution in [3.63, 3.8) is 0 Å². The molecule has 0 saturated carbocycles. The lowest BCUT2D eigenvalue weighted by molar-refractivity contribution is -0.133. The van der Waals surface area contributed by atoms with E-state index in [1.807, 2.05) is 0 Å². The molecule has 0 unspecified atom stereocenters. The predicted molar refractivity (Wildman–Crippen MR) is 70.1 cm³/mol. The zero-order valence-corrected chi connectivity index (χ0v) is 12.3. The van der Waals surface area contributed by atoms with Gasteiger partial charge in [-0.05, 0) is 13.8 Å². The van der Waals surface area contributed by atoms with Crippen LogP contribution in [-0.2, 0) is 21.2 Å². The summed E-state index contributed by atoms with van der Waals surface area (Å²) in [4.78, 5) is 22.1. The standard InChI is InChI=1S/C9H15N3O5S2/c1-9(2,19(3,16)17)5-12-7(15)10-11-8(12)18-4-6(13)14/h4-5H2,1-3H3,(H,10,15)(H,13,14). The number of carboxylic acids is 1. The second-order valence-corrected chi connectivity index (χ2v) is 8.20. The van der Waals surface area contributed by atoms with E-state index in [4.69, 9.17) is 5.11 Å². The summed E-state index contributed by atoms with van der Waals surface area (Å²) in [6.45, 7) is 2.89. The second kappa shape index (κ2) is 5.37. The number of carbonyl (C=O) groups is 1. The lowest BCUT2D eigenvalue weighted by atomic mass is 10.2. The van der Waals surface area contributed by atoms with Crippen LogP contribution in [0.3, 0.4) is 0 Å². The van der Waals surface area contributed by atoms with Crippen molar-refractivity contribution in [2.45, 2.75) is 30.3 Å². The molecule has 0 aliphatic carbocycles. The van der Waals surface area contributed by atoms with Crippen molar-refractivity contribution >= 4 is 27.6 Å². The van der Waals surface area contributed by atoms with E-state index in [9.17, 15) is 18.0 Å². The van der Waals surface area contributed by atoms with Crippen molar-refractivity contribution in [3.8, 4) is 0 Å². The van der Waals surface area contributed by atoms with Gasteiger partial charge in [0.1, 0.15) is 0 Å². The average molecular weight is 309 g/mol. The van der Waals surface area contributed by atoms with E-state index < -0.39 is 26.2 Å². The molecule has 1 aromatic rings. The number of hydrogen-bond donors (Lipinski definition) is 2. The molecule has 0 fully saturated rings. The summed E-state index contributed by atoms with van der Waals surface area (Å²) >= 11 is 0.854. The van der Waals surface area contributed by atoms with Gasteiger partial charge in [-0.1, -0.05) is 11.8 Å². The van der Waals surface area contributed by atoms with Crippen molar-refractivity contribution < 1.29 is 18.3 Å². The summed E-state index contributed by atoms with van der Waals surface area (Å²) in [6, 6.07) is 0. The molecule has 1 heterocycles. The third-order valence-electron chi connectivity index (χ3n) is 2.59. The van der Waals surface area contributed by atoms with Gasteiger partial charge in [-0.3, -0.25) is 9.36 Å². The minimum Gasteiger partial charge on any atom is -0.481 e. The summed E-state index contributed by atoms with van der Waals surface area (Å²) in [5, 5.41) is 14.6. The molecule has 19 heavy (non-hydrogen) atoms. The van der Waals surface area contributed by atoms with E-state index in [0.717, 1.165) is 22.6 Å². The highest BCUT2D eigenvalue weighted by molar-refractivity contribution is 7.99. The Labute approximate surface area is 114 Å². The number of rotatable bonds is 6. The highest BCUT2D eigenvalue weighted by atomic mass is 32.2. The van der Waals surface area contributed by atoms with Gasteiger partial charge in [0, 0.05) is 12.8 Å². The Morgan fingerprint density at radius 3 is 2.58 bits per heavy atom. The Morgan fingerprint density at radius 2 is 2.11 bits per heavy atom. The number of aromatic amines is 1. The van der Waals surface area contributed by atoms with Crippen LogP contribution in [0, 0.1) is 0 Å². The predicted octanol–water partition coefficient (Wildman–Crippen LogP) is -0.429. The lowest BCUT2D eigenvalue weighted by Gasteiger charge is -2.22. The first-order chi connectivity index (χ1) is 8.54. The van der Waals surface area contributed by atoms with Crippen LogP contribution in [0.25, 0.3) is 0 Å². The number of nitrogens with zero attached hydrogens (tertiary/aromatic N) is 2. The van der Waals surface area contributed by atoms with Crippen LogP contribution in [0.2, 0.25) is 0 Å². The van der Waals surface area contributed by atoms with Crippen LogP contribution >= 0.6 is 11.8 Å². The zero-order valence-electron chi connectivity index (χ0n) is 10.7. The Balaban J connectivity index is 3.05. The summed E-state index contributed by atoms with van der Waals surface area (Å²) in [5.74, 6) is -1.31. The van der Waals surface area contributed by atoms with Crippen LogP contribution in [0.5, 0.6) is 0 Å². The molecule has 0 aromatic carbocycles. The Bertz CT molecular complexity index is 629. The van der Waals surface area contributed by atoms with Gasteiger partial charge in [-0.25, -0.2) is 18.3 Å². The molecule has 0 atom stereocenters.